The summed E-state index contributed by atoms with van der Waals surface area (Å²) in [7, 11) is 1.99. The summed E-state index contributed by atoms with van der Waals surface area (Å²) in [6.07, 6.45) is -6.55. The quantitative estimate of drug-likeness (QED) is 0.394. The summed E-state index contributed by atoms with van der Waals surface area (Å²) in [6.45, 7) is 1.25. The molecule has 0 saturated carbocycles. The number of carbonyl (C=O) groups is 4. The third kappa shape index (κ3) is 5.92. The molecule has 0 spiro atoms. The normalized spacial score (nSPS) is 14.4. The lowest BCUT2D eigenvalue weighted by Gasteiger charge is -2.27. The van der Waals surface area contributed by atoms with Crippen LogP contribution < -0.4 is 11.1 Å². The predicted molar refractivity (Wildman–Crippen MR) is 94.2 cm³/mol. The Balaban J connectivity index is 3.06. The van der Waals surface area contributed by atoms with Crippen molar-refractivity contribution >= 4 is 23.8 Å². The number of halogens is 3. The van der Waals surface area contributed by atoms with Crippen LogP contribution in [0.5, 0.6) is 0 Å². The smallest absolute Gasteiger partial charge is 0.416 e. The highest BCUT2D eigenvalue weighted by molar-refractivity contribution is 5.97. The van der Waals surface area contributed by atoms with E-state index in [4.69, 9.17) is 5.73 Å². The van der Waals surface area contributed by atoms with Crippen molar-refractivity contribution in [2.75, 3.05) is 14.2 Å². The molecule has 9 nitrogen and oxygen atoms in total. The molecule has 0 aliphatic rings. The predicted octanol–water partition coefficient (Wildman–Crippen LogP) is 0.307. The van der Waals surface area contributed by atoms with Crippen LogP contribution in [0.1, 0.15) is 24.2 Å². The molecule has 0 radical (unpaired) electrons. The maximum atomic E-state index is 12.6. The highest BCUT2D eigenvalue weighted by Gasteiger charge is 2.42. The molecule has 0 aliphatic heterocycles. The van der Waals surface area contributed by atoms with E-state index in [1.54, 1.807) is 0 Å². The van der Waals surface area contributed by atoms with Crippen molar-refractivity contribution in [3.8, 4) is 0 Å². The molecule has 12 heteroatoms. The van der Waals surface area contributed by atoms with Crippen LogP contribution in [0.4, 0.5) is 13.2 Å². The Labute approximate surface area is 169 Å². The fraction of sp³-hybridized carbons (Fsp3) is 0.444. The van der Waals surface area contributed by atoms with E-state index in [9.17, 15) is 37.5 Å². The Hall–Kier alpha value is -3.15. The van der Waals surface area contributed by atoms with Crippen molar-refractivity contribution in [3.63, 3.8) is 0 Å². The third-order valence-electron chi connectivity index (χ3n) is 4.37. The number of benzene rings is 1. The van der Waals surface area contributed by atoms with E-state index in [0.717, 1.165) is 26.4 Å². The van der Waals surface area contributed by atoms with Crippen LogP contribution in [0.2, 0.25) is 0 Å². The summed E-state index contributed by atoms with van der Waals surface area (Å²) in [5.74, 6) is -7.24. The molecule has 1 aromatic rings. The molecule has 166 valence electrons. The van der Waals surface area contributed by atoms with Crippen LogP contribution in [0.15, 0.2) is 24.3 Å². The van der Waals surface area contributed by atoms with E-state index >= 15 is 0 Å². The molecular weight excluding hydrogens is 413 g/mol. The maximum Gasteiger partial charge on any atom is 0.416 e. The second kappa shape index (κ2) is 10.1. The molecule has 0 bridgehead atoms. The maximum absolute atomic E-state index is 12.6. The minimum absolute atomic E-state index is 0.186. The Morgan fingerprint density at radius 1 is 1.03 bits per heavy atom. The summed E-state index contributed by atoms with van der Waals surface area (Å²) in [5.41, 5.74) is 4.08. The topological polar surface area (TPSA) is 145 Å². The average molecular weight is 434 g/mol. The molecule has 0 aromatic heterocycles. The summed E-state index contributed by atoms with van der Waals surface area (Å²) < 4.78 is 46.9. The molecule has 0 aliphatic carbocycles. The van der Waals surface area contributed by atoms with Crippen molar-refractivity contribution in [3.05, 3.63) is 35.4 Å². The van der Waals surface area contributed by atoms with Crippen molar-refractivity contribution in [2.24, 2.45) is 17.6 Å². The van der Waals surface area contributed by atoms with Gasteiger partial charge < -0.3 is 25.6 Å². The number of methoxy groups -OCH3 is 2. The van der Waals surface area contributed by atoms with Crippen molar-refractivity contribution in [1.82, 2.24) is 5.32 Å². The first kappa shape index (κ1) is 24.9. The number of esters is 2. The number of aliphatic hydroxyl groups is 1. The van der Waals surface area contributed by atoms with Gasteiger partial charge in [0.25, 0.3) is 5.91 Å². The summed E-state index contributed by atoms with van der Waals surface area (Å²) >= 11 is 0. The number of ether oxygens (including phenoxy) is 2. The van der Waals surface area contributed by atoms with Crippen molar-refractivity contribution in [1.29, 1.82) is 0 Å². The number of alkyl halides is 3. The van der Waals surface area contributed by atoms with Gasteiger partial charge in [0.05, 0.1) is 19.8 Å². The van der Waals surface area contributed by atoms with Gasteiger partial charge in [0.2, 0.25) is 5.91 Å². The second-order valence-electron chi connectivity index (χ2n) is 6.29. The molecular formula is C18H21F3N2O7. The standard InChI is InChI=1S/C18H21F3N2O7/c1-8(11(16(27)29-2)17(28)30-3)12(14(22)25)23-15(26)13(24)9-4-6-10(7-5-9)18(19,20)21/h4-8,11-13,24H,1-3H3,(H2,22,25)(H,23,26)/t8-,12+,13-/m1/s1. The van der Waals surface area contributed by atoms with E-state index in [1.165, 1.54) is 6.92 Å². The first-order valence-electron chi connectivity index (χ1n) is 8.45. The lowest BCUT2D eigenvalue weighted by atomic mass is 9.86. The number of aliphatic hydroxyl groups excluding tert-OH is 1. The fourth-order valence-electron chi connectivity index (χ4n) is 2.67. The van der Waals surface area contributed by atoms with Crippen LogP contribution in [0, 0.1) is 11.8 Å². The van der Waals surface area contributed by atoms with Crippen LogP contribution >= 0.6 is 0 Å². The van der Waals surface area contributed by atoms with Crippen LogP contribution in [0.3, 0.4) is 0 Å². The van der Waals surface area contributed by atoms with E-state index in [0.29, 0.717) is 12.1 Å². The Bertz CT molecular complexity index is 780. The molecule has 2 amide bonds. The zero-order valence-corrected chi connectivity index (χ0v) is 16.2. The van der Waals surface area contributed by atoms with Gasteiger partial charge in [-0.15, -0.1) is 0 Å². The SMILES string of the molecule is COC(=O)C(C(=O)OC)[C@@H](C)[C@H](NC(=O)[C@H](O)c1ccc(C(F)(F)F)cc1)C(N)=O. The first-order valence-corrected chi connectivity index (χ1v) is 8.45. The number of rotatable bonds is 8. The van der Waals surface area contributed by atoms with E-state index in [2.05, 4.69) is 14.8 Å². The Morgan fingerprint density at radius 3 is 1.87 bits per heavy atom. The third-order valence-corrected chi connectivity index (χ3v) is 4.37. The zero-order valence-electron chi connectivity index (χ0n) is 16.2. The van der Waals surface area contributed by atoms with Gasteiger partial charge in [-0.1, -0.05) is 19.1 Å². The molecule has 0 heterocycles. The summed E-state index contributed by atoms with van der Waals surface area (Å²) in [4.78, 5) is 47.9. The average Bonchev–Trinajstić information content (AvgIpc) is 2.69. The van der Waals surface area contributed by atoms with Gasteiger partial charge in [-0.05, 0) is 17.7 Å². The Kier molecular flexibility index (Phi) is 8.34. The Morgan fingerprint density at radius 2 is 1.50 bits per heavy atom. The van der Waals surface area contributed by atoms with E-state index < -0.39 is 59.5 Å². The minimum atomic E-state index is -4.60. The number of hydrogen-bond donors (Lipinski definition) is 3. The van der Waals surface area contributed by atoms with Gasteiger partial charge in [-0.25, -0.2) is 0 Å². The van der Waals surface area contributed by atoms with Gasteiger partial charge in [-0.3, -0.25) is 19.2 Å². The first-order chi connectivity index (χ1) is 13.8. The number of amides is 2. The van der Waals surface area contributed by atoms with Crippen LogP contribution in [0.25, 0.3) is 0 Å². The minimum Gasteiger partial charge on any atom is -0.468 e. The lowest BCUT2D eigenvalue weighted by molar-refractivity contribution is -0.162. The van der Waals surface area contributed by atoms with Gasteiger partial charge in [0, 0.05) is 5.92 Å². The number of nitrogens with two attached hydrogens (primary N) is 1. The zero-order chi connectivity index (χ0) is 23.2. The van der Waals surface area contributed by atoms with Gasteiger partial charge >= 0.3 is 18.1 Å². The monoisotopic (exact) mass is 434 g/mol. The van der Waals surface area contributed by atoms with E-state index in [-0.39, 0.29) is 5.56 Å². The molecule has 0 fully saturated rings. The number of primary amides is 1. The highest BCUT2D eigenvalue weighted by atomic mass is 19.4. The molecule has 3 atom stereocenters. The van der Waals surface area contributed by atoms with Gasteiger partial charge in [0.1, 0.15) is 6.04 Å². The fourth-order valence-corrected chi connectivity index (χ4v) is 2.67. The van der Waals surface area contributed by atoms with Crippen LogP contribution in [-0.2, 0) is 34.8 Å². The van der Waals surface area contributed by atoms with Crippen molar-refractivity contribution < 1.29 is 46.9 Å². The number of carbonyl (C=O) groups excluding carboxylic acids is 4. The second-order valence-corrected chi connectivity index (χ2v) is 6.29. The molecule has 1 rings (SSSR count). The summed E-state index contributed by atoms with van der Waals surface area (Å²) in [6, 6.07) is 1.52. The largest absolute Gasteiger partial charge is 0.468 e. The summed E-state index contributed by atoms with van der Waals surface area (Å²) in [5, 5.41) is 12.2. The molecule has 4 N–H and O–H groups in total. The molecule has 30 heavy (non-hydrogen) atoms. The van der Waals surface area contributed by atoms with Gasteiger partial charge in [-0.2, -0.15) is 13.2 Å². The molecule has 1 aromatic carbocycles. The highest BCUT2D eigenvalue weighted by Crippen LogP contribution is 2.30. The lowest BCUT2D eigenvalue weighted by Crippen LogP contribution is -2.53. The molecule has 0 unspecified atom stereocenters. The molecule has 0 saturated heterocycles. The number of nitrogens with one attached hydrogen (secondary N) is 1. The van der Waals surface area contributed by atoms with Crippen LogP contribution in [-0.4, -0.2) is 49.1 Å². The van der Waals surface area contributed by atoms with Gasteiger partial charge in [0.15, 0.2) is 12.0 Å². The number of hydrogen-bond acceptors (Lipinski definition) is 7. The van der Waals surface area contributed by atoms with Crippen molar-refractivity contribution in [2.45, 2.75) is 25.2 Å². The van der Waals surface area contributed by atoms with E-state index in [1.807, 2.05) is 0 Å².